The maximum atomic E-state index is 13.8. The average molecular weight is 584 g/mol. The van der Waals surface area contributed by atoms with Crippen molar-refractivity contribution in [3.8, 4) is 5.75 Å². The third-order valence-electron chi connectivity index (χ3n) is 7.96. The molecule has 3 heterocycles. The van der Waals surface area contributed by atoms with Gasteiger partial charge in [-0.05, 0) is 74.4 Å². The van der Waals surface area contributed by atoms with E-state index >= 15 is 0 Å². The number of thiophene rings is 1. The maximum absolute atomic E-state index is 13.8. The molecule has 41 heavy (non-hydrogen) atoms. The topological polar surface area (TPSA) is 66.1 Å². The standard InChI is InChI=1S/C33H33N3O3S2/c1-21-18-27(22(2)35(21)17-16-23-12-14-25(39-3)15-13-23)28(37)20-40-33-34-31-30(26-10-7-11-29(26)41-31)32(38)36(33)19-24-8-5-4-6-9-24/h4-6,8-9,12-15,18H,7,10-11,16-17,19-20H2,1-3H3. The molecule has 5 aromatic rings. The second-order valence-corrected chi connectivity index (χ2v) is 12.6. The van der Waals surface area contributed by atoms with Crippen LogP contribution in [0.5, 0.6) is 5.75 Å². The van der Waals surface area contributed by atoms with Crippen molar-refractivity contribution in [1.29, 1.82) is 0 Å². The predicted molar refractivity (Wildman–Crippen MR) is 167 cm³/mol. The molecule has 0 atom stereocenters. The van der Waals surface area contributed by atoms with Crippen LogP contribution in [0.1, 0.15) is 49.7 Å². The predicted octanol–water partition coefficient (Wildman–Crippen LogP) is 6.64. The van der Waals surface area contributed by atoms with Gasteiger partial charge in [0.25, 0.3) is 5.56 Å². The number of aromatic nitrogens is 3. The zero-order valence-corrected chi connectivity index (χ0v) is 25.2. The summed E-state index contributed by atoms with van der Waals surface area (Å²) in [4.78, 5) is 34.4. The van der Waals surface area contributed by atoms with Crippen LogP contribution in [0.3, 0.4) is 0 Å². The zero-order valence-electron chi connectivity index (χ0n) is 23.6. The maximum Gasteiger partial charge on any atom is 0.263 e. The number of thioether (sulfide) groups is 1. The van der Waals surface area contributed by atoms with Crippen molar-refractivity contribution in [2.75, 3.05) is 12.9 Å². The number of aryl methyl sites for hydroxylation is 4. The second kappa shape index (κ2) is 11.7. The normalized spacial score (nSPS) is 12.7. The number of rotatable bonds is 10. The lowest BCUT2D eigenvalue weighted by Gasteiger charge is -2.13. The molecule has 0 unspecified atom stereocenters. The van der Waals surface area contributed by atoms with Crippen LogP contribution in [0, 0.1) is 13.8 Å². The molecule has 6 nitrogen and oxygen atoms in total. The number of benzene rings is 2. The fourth-order valence-electron chi connectivity index (χ4n) is 5.74. The van der Waals surface area contributed by atoms with Gasteiger partial charge in [-0.25, -0.2) is 4.98 Å². The van der Waals surface area contributed by atoms with Crippen LogP contribution in [0.25, 0.3) is 10.2 Å². The summed E-state index contributed by atoms with van der Waals surface area (Å²) in [7, 11) is 1.67. The van der Waals surface area contributed by atoms with Gasteiger partial charge in [0, 0.05) is 28.4 Å². The number of carbonyl (C=O) groups is 1. The summed E-state index contributed by atoms with van der Waals surface area (Å²) < 4.78 is 9.24. The van der Waals surface area contributed by atoms with E-state index in [1.165, 1.54) is 27.8 Å². The lowest BCUT2D eigenvalue weighted by molar-refractivity contribution is 0.102. The highest BCUT2D eigenvalue weighted by Crippen LogP contribution is 2.36. The van der Waals surface area contributed by atoms with Crippen LogP contribution in [0.15, 0.2) is 70.6 Å². The summed E-state index contributed by atoms with van der Waals surface area (Å²) in [6.45, 7) is 5.29. The van der Waals surface area contributed by atoms with E-state index in [2.05, 4.69) is 16.7 Å². The summed E-state index contributed by atoms with van der Waals surface area (Å²) in [5, 5.41) is 1.38. The largest absolute Gasteiger partial charge is 0.497 e. The Labute approximate surface area is 248 Å². The number of carbonyl (C=O) groups excluding carboxylic acids is 1. The van der Waals surface area contributed by atoms with Crippen LogP contribution < -0.4 is 10.3 Å². The molecule has 1 aliphatic rings. The molecule has 0 amide bonds. The second-order valence-electron chi connectivity index (χ2n) is 10.6. The number of hydrogen-bond acceptors (Lipinski definition) is 6. The van der Waals surface area contributed by atoms with E-state index < -0.39 is 0 Å². The van der Waals surface area contributed by atoms with Crippen LogP contribution in [0.4, 0.5) is 0 Å². The van der Waals surface area contributed by atoms with Crippen LogP contribution >= 0.6 is 23.1 Å². The summed E-state index contributed by atoms with van der Waals surface area (Å²) >= 11 is 3.01. The summed E-state index contributed by atoms with van der Waals surface area (Å²) in [6, 6.07) is 20.1. The van der Waals surface area contributed by atoms with E-state index in [-0.39, 0.29) is 17.1 Å². The van der Waals surface area contributed by atoms with E-state index in [4.69, 9.17) is 9.72 Å². The highest BCUT2D eigenvalue weighted by Gasteiger charge is 2.24. The Morgan fingerprint density at radius 2 is 1.80 bits per heavy atom. The molecule has 3 aromatic heterocycles. The molecule has 8 heteroatoms. The minimum atomic E-state index is 0.00455. The van der Waals surface area contributed by atoms with Gasteiger partial charge in [-0.15, -0.1) is 11.3 Å². The van der Waals surface area contributed by atoms with Crippen LogP contribution in [-0.4, -0.2) is 32.8 Å². The first-order valence-corrected chi connectivity index (χ1v) is 15.8. The molecule has 6 rings (SSSR count). The molecule has 0 bridgehead atoms. The number of methoxy groups -OCH3 is 1. The molecule has 0 N–H and O–H groups in total. The fourth-order valence-corrected chi connectivity index (χ4v) is 7.93. The smallest absolute Gasteiger partial charge is 0.263 e. The number of Topliss-reactive ketones (excluding diaryl/α,β-unsaturated/α-hetero) is 1. The molecule has 210 valence electrons. The quantitative estimate of drug-likeness (QED) is 0.105. The van der Waals surface area contributed by atoms with Crippen molar-refractivity contribution in [3.05, 3.63) is 110 Å². The van der Waals surface area contributed by atoms with E-state index in [1.807, 2.05) is 62.4 Å². The SMILES string of the molecule is COc1ccc(CCn2c(C)cc(C(=O)CSc3nc4sc5c(c4c(=O)n3Cc3ccccc3)CCC5)c2C)cc1. The molecular weight excluding hydrogens is 551 g/mol. The van der Waals surface area contributed by atoms with E-state index in [0.29, 0.717) is 11.7 Å². The molecule has 0 saturated carbocycles. The van der Waals surface area contributed by atoms with Gasteiger partial charge in [0.1, 0.15) is 10.6 Å². The van der Waals surface area contributed by atoms with Crippen molar-refractivity contribution in [1.82, 2.24) is 14.1 Å². The minimum Gasteiger partial charge on any atom is -0.497 e. The Hall–Kier alpha value is -3.62. The first-order chi connectivity index (χ1) is 19.9. The van der Waals surface area contributed by atoms with Gasteiger partial charge in [-0.2, -0.15) is 0 Å². The first kappa shape index (κ1) is 27.5. The Morgan fingerprint density at radius 1 is 1.02 bits per heavy atom. The van der Waals surface area contributed by atoms with Gasteiger partial charge >= 0.3 is 0 Å². The third-order valence-corrected chi connectivity index (χ3v) is 10.1. The lowest BCUT2D eigenvalue weighted by atomic mass is 10.1. The first-order valence-electron chi connectivity index (χ1n) is 14.0. The van der Waals surface area contributed by atoms with Gasteiger partial charge in [0.15, 0.2) is 10.9 Å². The molecule has 0 spiro atoms. The van der Waals surface area contributed by atoms with Gasteiger partial charge in [0.05, 0.1) is 24.8 Å². The van der Waals surface area contributed by atoms with Crippen molar-refractivity contribution in [3.63, 3.8) is 0 Å². The molecule has 0 radical (unpaired) electrons. The molecule has 0 saturated heterocycles. The third kappa shape index (κ3) is 5.51. The van der Waals surface area contributed by atoms with Gasteiger partial charge in [-0.1, -0.05) is 54.2 Å². The Balaban J connectivity index is 1.24. The van der Waals surface area contributed by atoms with Gasteiger partial charge in [0.2, 0.25) is 0 Å². The lowest BCUT2D eigenvalue weighted by Crippen LogP contribution is -2.24. The molecular formula is C33H33N3O3S2. The fraction of sp³-hybridized carbons (Fsp3) is 0.303. The number of ether oxygens (including phenoxy) is 1. The van der Waals surface area contributed by atoms with Crippen molar-refractivity contribution in [2.45, 2.75) is 57.8 Å². The van der Waals surface area contributed by atoms with Crippen molar-refractivity contribution < 1.29 is 9.53 Å². The Bertz CT molecular complexity index is 1780. The molecule has 1 aliphatic carbocycles. The highest BCUT2D eigenvalue weighted by molar-refractivity contribution is 7.99. The Kier molecular flexibility index (Phi) is 7.86. The average Bonchev–Trinajstić information content (AvgIpc) is 3.66. The van der Waals surface area contributed by atoms with Crippen molar-refractivity contribution in [2.24, 2.45) is 0 Å². The van der Waals surface area contributed by atoms with Gasteiger partial charge < -0.3 is 9.30 Å². The summed E-state index contributed by atoms with van der Waals surface area (Å²) in [6.07, 6.45) is 3.92. The van der Waals surface area contributed by atoms with Gasteiger partial charge in [-0.3, -0.25) is 14.2 Å². The molecule has 0 aliphatic heterocycles. The minimum absolute atomic E-state index is 0.00455. The zero-order chi connectivity index (χ0) is 28.5. The molecule has 0 fully saturated rings. The summed E-state index contributed by atoms with van der Waals surface area (Å²) in [5.41, 5.74) is 6.22. The summed E-state index contributed by atoms with van der Waals surface area (Å²) in [5.74, 6) is 1.12. The number of hydrogen-bond donors (Lipinski definition) is 0. The van der Waals surface area contributed by atoms with E-state index in [0.717, 1.165) is 70.7 Å². The van der Waals surface area contributed by atoms with E-state index in [9.17, 15) is 9.59 Å². The highest BCUT2D eigenvalue weighted by atomic mass is 32.2. The number of ketones is 1. The monoisotopic (exact) mass is 583 g/mol. The van der Waals surface area contributed by atoms with E-state index in [1.54, 1.807) is 23.0 Å². The number of nitrogens with zero attached hydrogens (tertiary/aromatic N) is 3. The van der Waals surface area contributed by atoms with Crippen LogP contribution in [0.2, 0.25) is 0 Å². The molecule has 2 aromatic carbocycles. The number of fused-ring (bicyclic) bond motifs is 3. The van der Waals surface area contributed by atoms with Crippen LogP contribution in [-0.2, 0) is 32.4 Å². The van der Waals surface area contributed by atoms with Crippen molar-refractivity contribution >= 4 is 39.1 Å². The Morgan fingerprint density at radius 3 is 2.56 bits per heavy atom.